The number of fused-ring (bicyclic) bond motifs is 3. The van der Waals surface area contributed by atoms with Crippen molar-refractivity contribution in [2.75, 3.05) is 13.2 Å². The minimum Gasteiger partial charge on any atom is -0.479 e. The summed E-state index contributed by atoms with van der Waals surface area (Å²) in [5.74, 6) is -2.02. The predicted octanol–water partition coefficient (Wildman–Crippen LogP) is 2.79. The van der Waals surface area contributed by atoms with E-state index in [9.17, 15) is 19.5 Å². The lowest BCUT2D eigenvalue weighted by Gasteiger charge is -2.36. The van der Waals surface area contributed by atoms with Gasteiger partial charge in [-0.25, -0.2) is 9.59 Å². The van der Waals surface area contributed by atoms with Crippen LogP contribution in [-0.4, -0.2) is 53.0 Å². The Kier molecular flexibility index (Phi) is 6.65. The molecule has 0 heterocycles. The molecule has 0 aromatic heterocycles. The topological polar surface area (TPSA) is 125 Å². The molecule has 33 heavy (non-hydrogen) atoms. The molecule has 174 valence electrons. The summed E-state index contributed by atoms with van der Waals surface area (Å²) in [7, 11) is 0. The minimum absolute atomic E-state index is 0.0926. The molecular weight excluding hydrogens is 424 g/mol. The third-order valence-electron chi connectivity index (χ3n) is 6.57. The van der Waals surface area contributed by atoms with Gasteiger partial charge in [0, 0.05) is 5.92 Å². The van der Waals surface area contributed by atoms with Crippen LogP contribution in [0.15, 0.2) is 48.5 Å². The molecule has 4 rings (SSSR count). The van der Waals surface area contributed by atoms with Gasteiger partial charge in [0.05, 0.1) is 6.54 Å². The number of aliphatic hydroxyl groups excluding tert-OH is 1. The summed E-state index contributed by atoms with van der Waals surface area (Å²) in [6.07, 6.45) is 0.894. The van der Waals surface area contributed by atoms with Crippen LogP contribution in [0.1, 0.15) is 49.1 Å². The molecule has 0 saturated heterocycles. The van der Waals surface area contributed by atoms with E-state index >= 15 is 0 Å². The Morgan fingerprint density at radius 1 is 0.970 bits per heavy atom. The largest absolute Gasteiger partial charge is 0.479 e. The molecular formula is C25H28N2O6. The van der Waals surface area contributed by atoms with Crippen molar-refractivity contribution in [1.29, 1.82) is 0 Å². The lowest BCUT2D eigenvalue weighted by molar-refractivity contribution is -0.146. The number of hydrogen-bond acceptors (Lipinski definition) is 5. The van der Waals surface area contributed by atoms with E-state index < -0.39 is 36.2 Å². The van der Waals surface area contributed by atoms with Gasteiger partial charge in [0.15, 0.2) is 6.10 Å². The first-order chi connectivity index (χ1) is 15.9. The number of benzene rings is 2. The number of carboxylic acid groups (broad SMARTS) is 1. The maximum absolute atomic E-state index is 12.9. The molecule has 0 bridgehead atoms. The quantitative estimate of drug-likeness (QED) is 0.512. The average Bonchev–Trinajstić information content (AvgIpc) is 3.15. The van der Waals surface area contributed by atoms with Crippen molar-refractivity contribution < 1.29 is 29.3 Å². The van der Waals surface area contributed by atoms with E-state index in [1.54, 1.807) is 0 Å². The molecule has 8 nitrogen and oxygen atoms in total. The van der Waals surface area contributed by atoms with Crippen LogP contribution in [0.25, 0.3) is 11.1 Å². The molecule has 0 spiro atoms. The van der Waals surface area contributed by atoms with E-state index in [-0.39, 0.29) is 12.5 Å². The molecule has 2 amide bonds. The molecule has 0 aliphatic heterocycles. The summed E-state index contributed by atoms with van der Waals surface area (Å²) in [5, 5.41) is 23.5. The van der Waals surface area contributed by atoms with Gasteiger partial charge >= 0.3 is 12.1 Å². The number of ether oxygens (including phenoxy) is 1. The summed E-state index contributed by atoms with van der Waals surface area (Å²) in [4.78, 5) is 36.5. The highest BCUT2D eigenvalue weighted by Gasteiger charge is 2.42. The Balaban J connectivity index is 1.43. The highest BCUT2D eigenvalue weighted by Crippen LogP contribution is 2.44. The van der Waals surface area contributed by atoms with E-state index in [1.807, 2.05) is 36.4 Å². The van der Waals surface area contributed by atoms with E-state index in [1.165, 1.54) is 0 Å². The molecule has 0 unspecified atom stereocenters. The first-order valence-electron chi connectivity index (χ1n) is 11.2. The van der Waals surface area contributed by atoms with Crippen LogP contribution >= 0.6 is 0 Å². The van der Waals surface area contributed by atoms with Gasteiger partial charge in [-0.05, 0) is 35.1 Å². The van der Waals surface area contributed by atoms with Gasteiger partial charge in [0.25, 0.3) is 0 Å². The fourth-order valence-electron chi connectivity index (χ4n) is 4.84. The molecule has 4 N–H and O–H groups in total. The molecule has 2 aliphatic rings. The molecule has 2 aromatic rings. The molecule has 1 saturated carbocycles. The van der Waals surface area contributed by atoms with Crippen molar-refractivity contribution in [2.24, 2.45) is 0 Å². The lowest BCUT2D eigenvalue weighted by atomic mass is 9.81. The molecule has 8 heteroatoms. The van der Waals surface area contributed by atoms with Crippen molar-refractivity contribution in [3.8, 4) is 11.1 Å². The van der Waals surface area contributed by atoms with E-state index in [2.05, 4.69) is 22.8 Å². The van der Waals surface area contributed by atoms with Crippen molar-refractivity contribution in [3.05, 3.63) is 59.7 Å². The third-order valence-corrected chi connectivity index (χ3v) is 6.57. The monoisotopic (exact) mass is 452 g/mol. The molecule has 0 radical (unpaired) electrons. The first-order valence-corrected chi connectivity index (χ1v) is 11.2. The summed E-state index contributed by atoms with van der Waals surface area (Å²) >= 11 is 0. The number of rotatable bonds is 7. The Morgan fingerprint density at radius 3 is 2.12 bits per heavy atom. The van der Waals surface area contributed by atoms with Gasteiger partial charge in [-0.1, -0.05) is 67.8 Å². The van der Waals surface area contributed by atoms with Crippen LogP contribution in [0, 0.1) is 0 Å². The third kappa shape index (κ3) is 4.71. The lowest BCUT2D eigenvalue weighted by Crippen LogP contribution is -2.60. The first kappa shape index (κ1) is 22.8. The van der Waals surface area contributed by atoms with Crippen molar-refractivity contribution in [2.45, 2.75) is 49.7 Å². The van der Waals surface area contributed by atoms with Crippen LogP contribution in [0.2, 0.25) is 0 Å². The molecule has 2 aromatic carbocycles. The standard InChI is InChI=1S/C25H28N2O6/c28-21(22(29)30)14-26-23(31)25(12-6-1-7-13-25)27-24(32)33-15-20-18-10-4-2-8-16(18)17-9-3-5-11-19(17)20/h2-5,8-11,20-21,28H,1,6-7,12-15H2,(H,26,31)(H,27,32)(H,29,30)/t21-/m0/s1. The number of carbonyl (C=O) groups is 3. The number of aliphatic carboxylic acids is 1. The number of carboxylic acids is 1. The van der Waals surface area contributed by atoms with E-state index in [0.717, 1.165) is 41.5 Å². The highest BCUT2D eigenvalue weighted by atomic mass is 16.5. The predicted molar refractivity (Wildman–Crippen MR) is 121 cm³/mol. The van der Waals surface area contributed by atoms with Gasteiger partial charge in [0.1, 0.15) is 12.1 Å². The normalized spacial score (nSPS) is 17.4. The second kappa shape index (κ2) is 9.62. The maximum Gasteiger partial charge on any atom is 0.408 e. The summed E-state index contributed by atoms with van der Waals surface area (Å²) in [5.41, 5.74) is 3.27. The average molecular weight is 453 g/mol. The molecule has 1 atom stereocenters. The van der Waals surface area contributed by atoms with Gasteiger partial charge in [0.2, 0.25) is 5.91 Å². The number of nitrogens with one attached hydrogen (secondary N) is 2. The van der Waals surface area contributed by atoms with Crippen LogP contribution in [0.5, 0.6) is 0 Å². The van der Waals surface area contributed by atoms with Crippen molar-refractivity contribution in [1.82, 2.24) is 10.6 Å². The Bertz CT molecular complexity index is 1000. The van der Waals surface area contributed by atoms with Crippen LogP contribution in [0.4, 0.5) is 4.79 Å². The summed E-state index contributed by atoms with van der Waals surface area (Å²) in [6.45, 7) is -0.294. The van der Waals surface area contributed by atoms with Gasteiger partial charge in [-0.3, -0.25) is 4.79 Å². The smallest absolute Gasteiger partial charge is 0.408 e. The zero-order valence-corrected chi connectivity index (χ0v) is 18.3. The second-order valence-corrected chi connectivity index (χ2v) is 8.66. The zero-order chi connectivity index (χ0) is 23.4. The Labute approximate surface area is 192 Å². The Morgan fingerprint density at radius 2 is 1.55 bits per heavy atom. The number of alkyl carbamates (subject to hydrolysis) is 1. The number of aliphatic hydroxyl groups is 1. The van der Waals surface area contributed by atoms with Crippen LogP contribution in [-0.2, 0) is 14.3 Å². The maximum atomic E-state index is 12.9. The minimum atomic E-state index is -1.70. The molecule has 2 aliphatic carbocycles. The fraction of sp³-hybridized carbons (Fsp3) is 0.400. The van der Waals surface area contributed by atoms with Crippen LogP contribution < -0.4 is 10.6 Å². The SMILES string of the molecule is O=C(NC1(C(=O)NC[C@H](O)C(=O)O)CCCCC1)OCC1c2ccccc2-c2ccccc21. The van der Waals surface area contributed by atoms with Crippen molar-refractivity contribution in [3.63, 3.8) is 0 Å². The van der Waals surface area contributed by atoms with Crippen molar-refractivity contribution >= 4 is 18.0 Å². The molecule has 1 fully saturated rings. The highest BCUT2D eigenvalue weighted by molar-refractivity contribution is 5.90. The van der Waals surface area contributed by atoms with E-state index in [0.29, 0.717) is 12.8 Å². The zero-order valence-electron chi connectivity index (χ0n) is 18.3. The van der Waals surface area contributed by atoms with Gasteiger partial charge in [-0.2, -0.15) is 0 Å². The van der Waals surface area contributed by atoms with Gasteiger partial charge < -0.3 is 25.6 Å². The summed E-state index contributed by atoms with van der Waals surface area (Å²) in [6, 6.07) is 16.1. The Hall–Kier alpha value is -3.39. The van der Waals surface area contributed by atoms with E-state index in [4.69, 9.17) is 9.84 Å². The number of carbonyl (C=O) groups excluding carboxylic acids is 2. The fourth-order valence-corrected chi connectivity index (χ4v) is 4.84. The van der Waals surface area contributed by atoms with Crippen LogP contribution in [0.3, 0.4) is 0 Å². The number of amides is 2. The summed E-state index contributed by atoms with van der Waals surface area (Å²) < 4.78 is 5.61. The second-order valence-electron chi connectivity index (χ2n) is 8.66. The van der Waals surface area contributed by atoms with Gasteiger partial charge in [-0.15, -0.1) is 0 Å². The number of hydrogen-bond donors (Lipinski definition) is 4.